The highest BCUT2D eigenvalue weighted by Gasteiger charge is 2.26. The Morgan fingerprint density at radius 3 is 2.79 bits per heavy atom. The van der Waals surface area contributed by atoms with Crippen molar-refractivity contribution in [2.75, 3.05) is 25.0 Å². The monoisotopic (exact) mass is 332 g/mol. The molecule has 132 valence electrons. The highest BCUT2D eigenvalue weighted by Crippen LogP contribution is 2.17. The van der Waals surface area contributed by atoms with Crippen LogP contribution in [0.25, 0.3) is 0 Å². The fourth-order valence-electron chi connectivity index (χ4n) is 2.92. The summed E-state index contributed by atoms with van der Waals surface area (Å²) < 4.78 is 0. The van der Waals surface area contributed by atoms with E-state index in [1.165, 1.54) is 0 Å². The topological polar surface area (TPSA) is 73.5 Å². The Kier molecular flexibility index (Phi) is 6.61. The van der Waals surface area contributed by atoms with Crippen LogP contribution in [0, 0.1) is 0 Å². The van der Waals surface area contributed by atoms with Gasteiger partial charge >= 0.3 is 6.03 Å². The van der Waals surface area contributed by atoms with E-state index in [0.717, 1.165) is 32.5 Å². The van der Waals surface area contributed by atoms with Crippen LogP contribution in [0.5, 0.6) is 0 Å². The molecule has 0 radical (unpaired) electrons. The lowest BCUT2D eigenvalue weighted by molar-refractivity contribution is 0.0692. The molecule has 0 bridgehead atoms. The largest absolute Gasteiger partial charge is 0.336 e. The van der Waals surface area contributed by atoms with E-state index in [1.54, 1.807) is 24.3 Å². The van der Waals surface area contributed by atoms with Gasteiger partial charge in [-0.3, -0.25) is 4.79 Å². The summed E-state index contributed by atoms with van der Waals surface area (Å²) >= 11 is 0. The van der Waals surface area contributed by atoms with Crippen LogP contribution < -0.4 is 16.0 Å². The first-order valence-electron chi connectivity index (χ1n) is 8.70. The van der Waals surface area contributed by atoms with Gasteiger partial charge in [0.05, 0.1) is 0 Å². The number of nitrogens with one attached hydrogen (secondary N) is 3. The van der Waals surface area contributed by atoms with Crippen molar-refractivity contribution in [2.45, 2.75) is 45.7 Å². The molecule has 1 saturated heterocycles. The van der Waals surface area contributed by atoms with Crippen molar-refractivity contribution >= 4 is 17.6 Å². The molecule has 1 aromatic carbocycles. The number of hydrogen-bond donors (Lipinski definition) is 3. The standard InChI is InChI=1S/C18H28N4O2/c1-4-10-22(16-8-9-19-12-16)17(23)14-6-5-7-15(11-14)21-18(24)20-13(2)3/h5-7,11,13,16,19H,4,8-10,12H2,1-3H3,(H2,20,21,24). The minimum Gasteiger partial charge on any atom is -0.336 e. The second kappa shape index (κ2) is 8.68. The third-order valence-corrected chi connectivity index (χ3v) is 3.99. The molecule has 0 aromatic heterocycles. The van der Waals surface area contributed by atoms with Gasteiger partial charge in [-0.1, -0.05) is 13.0 Å². The van der Waals surface area contributed by atoms with Gasteiger partial charge in [-0.05, 0) is 51.4 Å². The van der Waals surface area contributed by atoms with E-state index in [1.807, 2.05) is 18.7 Å². The Hall–Kier alpha value is -2.08. The Morgan fingerprint density at radius 1 is 1.38 bits per heavy atom. The van der Waals surface area contributed by atoms with Crippen LogP contribution in [0.3, 0.4) is 0 Å². The third kappa shape index (κ3) is 4.96. The molecule has 1 aliphatic rings. The minimum atomic E-state index is -0.264. The predicted molar refractivity (Wildman–Crippen MR) is 96.3 cm³/mol. The molecule has 1 aliphatic heterocycles. The molecule has 3 N–H and O–H groups in total. The van der Waals surface area contributed by atoms with Crippen molar-refractivity contribution in [3.63, 3.8) is 0 Å². The van der Waals surface area contributed by atoms with Crippen LogP contribution in [0.4, 0.5) is 10.5 Å². The van der Waals surface area contributed by atoms with Gasteiger partial charge in [-0.2, -0.15) is 0 Å². The average Bonchev–Trinajstić information content (AvgIpc) is 3.05. The number of carbonyl (C=O) groups excluding carboxylic acids is 2. The maximum absolute atomic E-state index is 12.9. The summed E-state index contributed by atoms with van der Waals surface area (Å²) in [6.07, 6.45) is 1.91. The Labute approximate surface area is 144 Å². The maximum Gasteiger partial charge on any atom is 0.319 e. The molecular weight excluding hydrogens is 304 g/mol. The van der Waals surface area contributed by atoms with E-state index >= 15 is 0 Å². The average molecular weight is 332 g/mol. The first kappa shape index (κ1) is 18.3. The first-order valence-corrected chi connectivity index (χ1v) is 8.70. The van der Waals surface area contributed by atoms with Crippen molar-refractivity contribution < 1.29 is 9.59 Å². The summed E-state index contributed by atoms with van der Waals surface area (Å²) in [5.41, 5.74) is 1.23. The summed E-state index contributed by atoms with van der Waals surface area (Å²) in [4.78, 5) is 26.7. The summed E-state index contributed by atoms with van der Waals surface area (Å²) in [6.45, 7) is 8.43. The molecule has 1 aromatic rings. The zero-order valence-corrected chi connectivity index (χ0v) is 14.8. The zero-order chi connectivity index (χ0) is 17.5. The van der Waals surface area contributed by atoms with Crippen LogP contribution in [-0.2, 0) is 0 Å². The van der Waals surface area contributed by atoms with E-state index in [0.29, 0.717) is 11.3 Å². The lowest BCUT2D eigenvalue weighted by Gasteiger charge is -2.28. The molecule has 1 heterocycles. The molecule has 3 amide bonds. The van der Waals surface area contributed by atoms with Gasteiger partial charge in [0, 0.05) is 36.4 Å². The maximum atomic E-state index is 12.9. The number of amides is 3. The quantitative estimate of drug-likeness (QED) is 0.749. The SMILES string of the molecule is CCCN(C(=O)c1cccc(NC(=O)NC(C)C)c1)C1CCNC1. The Balaban J connectivity index is 2.10. The van der Waals surface area contributed by atoms with Crippen LogP contribution in [0.1, 0.15) is 44.0 Å². The van der Waals surface area contributed by atoms with Gasteiger partial charge in [-0.15, -0.1) is 0 Å². The first-order chi connectivity index (χ1) is 11.5. The number of hydrogen-bond acceptors (Lipinski definition) is 3. The number of rotatable bonds is 6. The van der Waals surface area contributed by atoms with Gasteiger partial charge in [-0.25, -0.2) is 4.79 Å². The van der Waals surface area contributed by atoms with Crippen LogP contribution in [0.15, 0.2) is 24.3 Å². The van der Waals surface area contributed by atoms with Crippen molar-refractivity contribution in [3.05, 3.63) is 29.8 Å². The molecule has 0 aliphatic carbocycles. The molecular formula is C18H28N4O2. The normalized spacial score (nSPS) is 16.9. The molecule has 0 saturated carbocycles. The van der Waals surface area contributed by atoms with Crippen molar-refractivity contribution in [1.29, 1.82) is 0 Å². The lowest BCUT2D eigenvalue weighted by atomic mass is 10.1. The van der Waals surface area contributed by atoms with Gasteiger partial charge in [0.15, 0.2) is 0 Å². The minimum absolute atomic E-state index is 0.0264. The van der Waals surface area contributed by atoms with Crippen LogP contribution in [-0.4, -0.2) is 48.6 Å². The third-order valence-electron chi connectivity index (χ3n) is 3.99. The van der Waals surface area contributed by atoms with Crippen LogP contribution >= 0.6 is 0 Å². The van der Waals surface area contributed by atoms with Gasteiger partial charge < -0.3 is 20.9 Å². The molecule has 1 unspecified atom stereocenters. The van der Waals surface area contributed by atoms with E-state index in [9.17, 15) is 9.59 Å². The number of carbonyl (C=O) groups is 2. The number of nitrogens with zero attached hydrogens (tertiary/aromatic N) is 1. The fourth-order valence-corrected chi connectivity index (χ4v) is 2.92. The summed E-state index contributed by atoms with van der Waals surface area (Å²) in [7, 11) is 0. The summed E-state index contributed by atoms with van der Waals surface area (Å²) in [5.74, 6) is 0.0264. The van der Waals surface area contributed by atoms with E-state index in [-0.39, 0.29) is 24.0 Å². The molecule has 24 heavy (non-hydrogen) atoms. The Morgan fingerprint density at radius 2 is 2.17 bits per heavy atom. The van der Waals surface area contributed by atoms with Gasteiger partial charge in [0.2, 0.25) is 0 Å². The second-order valence-electron chi connectivity index (χ2n) is 6.48. The molecule has 1 atom stereocenters. The number of urea groups is 1. The van der Waals surface area contributed by atoms with E-state index < -0.39 is 0 Å². The smallest absolute Gasteiger partial charge is 0.319 e. The lowest BCUT2D eigenvalue weighted by Crippen LogP contribution is -2.42. The zero-order valence-electron chi connectivity index (χ0n) is 14.8. The summed E-state index contributed by atoms with van der Waals surface area (Å²) in [6, 6.07) is 7.18. The van der Waals surface area contributed by atoms with E-state index in [2.05, 4.69) is 22.9 Å². The Bertz CT molecular complexity index is 568. The van der Waals surface area contributed by atoms with Crippen molar-refractivity contribution in [3.8, 4) is 0 Å². The van der Waals surface area contributed by atoms with Crippen molar-refractivity contribution in [1.82, 2.24) is 15.5 Å². The van der Waals surface area contributed by atoms with Gasteiger partial charge in [0.1, 0.15) is 0 Å². The summed E-state index contributed by atoms with van der Waals surface area (Å²) in [5, 5.41) is 8.86. The highest BCUT2D eigenvalue weighted by molar-refractivity contribution is 5.97. The fraction of sp³-hybridized carbons (Fsp3) is 0.556. The van der Waals surface area contributed by atoms with Gasteiger partial charge in [0.25, 0.3) is 5.91 Å². The van der Waals surface area contributed by atoms with E-state index in [4.69, 9.17) is 0 Å². The molecule has 6 nitrogen and oxygen atoms in total. The number of benzene rings is 1. The second-order valence-corrected chi connectivity index (χ2v) is 6.48. The molecule has 1 fully saturated rings. The van der Waals surface area contributed by atoms with Crippen molar-refractivity contribution in [2.24, 2.45) is 0 Å². The van der Waals surface area contributed by atoms with Crippen LogP contribution in [0.2, 0.25) is 0 Å². The highest BCUT2D eigenvalue weighted by atomic mass is 16.2. The molecule has 6 heteroatoms. The molecule has 2 rings (SSSR count). The predicted octanol–water partition coefficient (Wildman–Crippen LogP) is 2.43. The number of anilines is 1. The molecule has 0 spiro atoms.